The van der Waals surface area contributed by atoms with Gasteiger partial charge in [-0.15, -0.1) is 0 Å². The van der Waals surface area contributed by atoms with Gasteiger partial charge in [-0.2, -0.15) is 0 Å². The van der Waals surface area contributed by atoms with Crippen molar-refractivity contribution in [2.75, 3.05) is 6.61 Å². The van der Waals surface area contributed by atoms with Crippen LogP contribution in [0.15, 0.2) is 65.3 Å². The van der Waals surface area contributed by atoms with Crippen molar-refractivity contribution in [3.05, 3.63) is 102 Å². The van der Waals surface area contributed by atoms with E-state index in [1.807, 2.05) is 38.1 Å². The van der Waals surface area contributed by atoms with Crippen LogP contribution >= 0.6 is 22.6 Å². The summed E-state index contributed by atoms with van der Waals surface area (Å²) < 4.78 is 18.0. The first-order valence-corrected chi connectivity index (χ1v) is 12.3. The summed E-state index contributed by atoms with van der Waals surface area (Å²) in [5.41, 5.74) is 3.76. The highest BCUT2D eigenvalue weighted by Gasteiger charge is 2.26. The second-order valence-corrected chi connectivity index (χ2v) is 9.30. The Labute approximate surface area is 221 Å². The van der Waals surface area contributed by atoms with E-state index < -0.39 is 10.9 Å². The molecule has 9 heteroatoms. The van der Waals surface area contributed by atoms with Crippen molar-refractivity contribution >= 4 is 46.2 Å². The van der Waals surface area contributed by atoms with E-state index in [1.54, 1.807) is 31.2 Å². The van der Waals surface area contributed by atoms with Crippen molar-refractivity contribution in [1.82, 2.24) is 0 Å². The Morgan fingerprint density at radius 1 is 1.11 bits per heavy atom. The number of nitro benzene ring substituents is 1. The van der Waals surface area contributed by atoms with Crippen LogP contribution in [-0.2, 0) is 16.1 Å². The molecule has 0 spiro atoms. The van der Waals surface area contributed by atoms with Crippen molar-refractivity contribution in [2.24, 2.45) is 4.99 Å². The van der Waals surface area contributed by atoms with Gasteiger partial charge in [0.1, 0.15) is 6.61 Å². The molecule has 0 bridgehead atoms. The van der Waals surface area contributed by atoms with Crippen LogP contribution in [0.3, 0.4) is 0 Å². The van der Waals surface area contributed by atoms with Gasteiger partial charge in [0.05, 0.1) is 15.1 Å². The zero-order chi connectivity index (χ0) is 25.8. The number of carbonyl (C=O) groups excluding carboxylic acids is 1. The molecule has 0 fully saturated rings. The van der Waals surface area contributed by atoms with Gasteiger partial charge in [-0.05, 0) is 78.8 Å². The monoisotopic (exact) mass is 598 g/mol. The highest BCUT2D eigenvalue weighted by atomic mass is 127. The summed E-state index contributed by atoms with van der Waals surface area (Å²) in [7, 11) is 0. The number of halogens is 1. The van der Waals surface area contributed by atoms with Crippen LogP contribution in [0.5, 0.6) is 11.5 Å². The van der Waals surface area contributed by atoms with E-state index >= 15 is 0 Å². The lowest BCUT2D eigenvalue weighted by Crippen LogP contribution is -2.06. The second-order valence-electron chi connectivity index (χ2n) is 8.14. The smallest absolute Gasteiger partial charge is 0.363 e. The molecule has 3 aromatic rings. The fraction of sp³-hybridized carbons (Fsp3) is 0.185. The Bertz CT molecular complexity index is 1410. The number of nitro groups is 1. The van der Waals surface area contributed by atoms with Crippen LogP contribution < -0.4 is 9.47 Å². The molecule has 8 nitrogen and oxygen atoms in total. The highest BCUT2D eigenvalue weighted by Crippen LogP contribution is 2.36. The molecule has 0 aromatic heterocycles. The van der Waals surface area contributed by atoms with Gasteiger partial charge in [-0.3, -0.25) is 10.1 Å². The van der Waals surface area contributed by atoms with Gasteiger partial charge in [-0.25, -0.2) is 9.79 Å². The lowest BCUT2D eigenvalue weighted by Gasteiger charge is -2.15. The quantitative estimate of drug-likeness (QED) is 0.102. The summed E-state index contributed by atoms with van der Waals surface area (Å²) in [6.07, 6.45) is 1.59. The minimum atomic E-state index is -0.638. The summed E-state index contributed by atoms with van der Waals surface area (Å²) in [4.78, 5) is 27.6. The SMILES string of the molecule is CCOc1cc(/C=C2\N=C(c3ccc(C)c([N+](=O)[O-])c3)OC2=O)cc(I)c1OCc1cccc(C)c1. The standard InChI is InChI=1S/C27H23IN2O6/c1-4-34-24-13-19(11-21(28)25(24)35-15-18-7-5-6-16(2)10-18)12-22-27(31)36-26(29-22)20-9-8-17(3)23(14-20)30(32)33/h5-14H,4,15H2,1-3H3/b22-12-. The highest BCUT2D eigenvalue weighted by molar-refractivity contribution is 14.1. The molecule has 1 aliphatic heterocycles. The zero-order valence-corrected chi connectivity index (χ0v) is 22.1. The number of aryl methyl sites for hydroxylation is 2. The van der Waals surface area contributed by atoms with Gasteiger partial charge >= 0.3 is 5.97 Å². The lowest BCUT2D eigenvalue weighted by atomic mass is 10.1. The molecule has 1 heterocycles. The number of rotatable bonds is 8. The van der Waals surface area contributed by atoms with Gasteiger partial charge in [0.2, 0.25) is 5.90 Å². The van der Waals surface area contributed by atoms with Crippen molar-refractivity contribution in [3.63, 3.8) is 0 Å². The Hall–Kier alpha value is -3.73. The number of hydrogen-bond donors (Lipinski definition) is 0. The zero-order valence-electron chi connectivity index (χ0n) is 19.9. The van der Waals surface area contributed by atoms with E-state index in [0.29, 0.717) is 41.4 Å². The van der Waals surface area contributed by atoms with Gasteiger partial charge in [-0.1, -0.05) is 35.9 Å². The van der Waals surface area contributed by atoms with Gasteiger partial charge in [0.25, 0.3) is 5.69 Å². The fourth-order valence-electron chi connectivity index (χ4n) is 3.66. The topological polar surface area (TPSA) is 100 Å². The summed E-state index contributed by atoms with van der Waals surface area (Å²) in [6, 6.07) is 16.3. The van der Waals surface area contributed by atoms with Crippen molar-refractivity contribution in [1.29, 1.82) is 0 Å². The third-order valence-electron chi connectivity index (χ3n) is 5.37. The molecule has 0 saturated heterocycles. The summed E-state index contributed by atoms with van der Waals surface area (Å²) in [5.74, 6) is 0.549. The summed E-state index contributed by atoms with van der Waals surface area (Å²) in [5, 5.41) is 11.3. The number of hydrogen-bond acceptors (Lipinski definition) is 7. The minimum Gasteiger partial charge on any atom is -0.490 e. The molecule has 1 aliphatic rings. The normalized spacial score (nSPS) is 13.9. The first-order chi connectivity index (χ1) is 17.2. The lowest BCUT2D eigenvalue weighted by molar-refractivity contribution is -0.385. The number of nitrogens with zero attached hydrogens (tertiary/aromatic N) is 2. The minimum absolute atomic E-state index is 0.0205. The molecule has 4 rings (SSSR count). The molecule has 0 amide bonds. The predicted molar refractivity (Wildman–Crippen MR) is 144 cm³/mol. The summed E-state index contributed by atoms with van der Waals surface area (Å²) >= 11 is 2.17. The van der Waals surface area contributed by atoms with E-state index in [0.717, 1.165) is 14.7 Å². The largest absolute Gasteiger partial charge is 0.490 e. The van der Waals surface area contributed by atoms with Crippen LogP contribution in [0, 0.1) is 27.5 Å². The first kappa shape index (κ1) is 25.4. The molecule has 0 radical (unpaired) electrons. The summed E-state index contributed by atoms with van der Waals surface area (Å²) in [6.45, 7) is 6.38. The number of benzene rings is 3. The molecule has 184 valence electrons. The number of aliphatic imine (C=N–C) groups is 1. The van der Waals surface area contributed by atoms with Crippen LogP contribution in [0.2, 0.25) is 0 Å². The van der Waals surface area contributed by atoms with E-state index in [-0.39, 0.29) is 17.3 Å². The van der Waals surface area contributed by atoms with Crippen molar-refractivity contribution in [3.8, 4) is 11.5 Å². The second kappa shape index (κ2) is 10.9. The third-order valence-corrected chi connectivity index (χ3v) is 6.18. The molecule has 36 heavy (non-hydrogen) atoms. The van der Waals surface area contributed by atoms with E-state index in [4.69, 9.17) is 14.2 Å². The average molecular weight is 598 g/mol. The van der Waals surface area contributed by atoms with Gasteiger partial charge in [0, 0.05) is 17.2 Å². The molecular weight excluding hydrogens is 575 g/mol. The number of cyclic esters (lactones) is 1. The van der Waals surface area contributed by atoms with Crippen molar-refractivity contribution < 1.29 is 23.9 Å². The Balaban J connectivity index is 1.63. The van der Waals surface area contributed by atoms with E-state index in [1.165, 1.54) is 6.07 Å². The molecule has 0 N–H and O–H groups in total. The molecule has 0 saturated carbocycles. The molecule has 0 atom stereocenters. The predicted octanol–water partition coefficient (Wildman–Crippen LogP) is 6.14. The third kappa shape index (κ3) is 5.73. The first-order valence-electron chi connectivity index (χ1n) is 11.2. The van der Waals surface area contributed by atoms with Crippen molar-refractivity contribution in [2.45, 2.75) is 27.4 Å². The maximum atomic E-state index is 12.5. The number of esters is 1. The fourth-order valence-corrected chi connectivity index (χ4v) is 4.44. The van der Waals surface area contributed by atoms with Crippen LogP contribution in [0.4, 0.5) is 5.69 Å². The van der Waals surface area contributed by atoms with Crippen LogP contribution in [0.25, 0.3) is 6.08 Å². The Kier molecular flexibility index (Phi) is 7.68. The van der Waals surface area contributed by atoms with E-state index in [9.17, 15) is 14.9 Å². The molecule has 0 aliphatic carbocycles. The Morgan fingerprint density at radius 3 is 2.64 bits per heavy atom. The average Bonchev–Trinajstić information content (AvgIpc) is 3.19. The molecule has 0 unspecified atom stereocenters. The Morgan fingerprint density at radius 2 is 1.92 bits per heavy atom. The molecule has 3 aromatic carbocycles. The van der Waals surface area contributed by atoms with E-state index in [2.05, 4.69) is 33.6 Å². The van der Waals surface area contributed by atoms with Crippen LogP contribution in [-0.4, -0.2) is 23.4 Å². The maximum absolute atomic E-state index is 12.5. The number of carbonyl (C=O) groups is 1. The van der Waals surface area contributed by atoms with Gasteiger partial charge < -0.3 is 14.2 Å². The molecular formula is C27H23IN2O6. The van der Waals surface area contributed by atoms with Crippen LogP contribution in [0.1, 0.15) is 34.7 Å². The van der Waals surface area contributed by atoms with Gasteiger partial charge in [0.15, 0.2) is 17.2 Å². The number of ether oxygens (including phenoxy) is 3. The maximum Gasteiger partial charge on any atom is 0.363 e.